The molecular formula is C15H21N3O2. The number of hydrogen-bond donors (Lipinski definition) is 1. The summed E-state index contributed by atoms with van der Waals surface area (Å²) < 4.78 is 12.3. The van der Waals surface area contributed by atoms with Crippen molar-refractivity contribution in [3.63, 3.8) is 0 Å². The predicted molar refractivity (Wildman–Crippen MR) is 79.8 cm³/mol. The van der Waals surface area contributed by atoms with Gasteiger partial charge in [-0.3, -0.25) is 4.68 Å². The zero-order chi connectivity index (χ0) is 14.5. The average molecular weight is 275 g/mol. The third-order valence-corrected chi connectivity index (χ3v) is 3.23. The van der Waals surface area contributed by atoms with Crippen LogP contribution in [0.1, 0.15) is 12.6 Å². The number of nitrogen functional groups attached to an aromatic ring is 1. The van der Waals surface area contributed by atoms with Gasteiger partial charge in [0.1, 0.15) is 11.6 Å². The minimum absolute atomic E-state index is 0.649. The number of aromatic nitrogens is 2. The largest absolute Gasteiger partial charge is 0.497 e. The van der Waals surface area contributed by atoms with E-state index in [0.717, 1.165) is 29.0 Å². The van der Waals surface area contributed by atoms with Gasteiger partial charge in [-0.15, -0.1) is 0 Å². The summed E-state index contributed by atoms with van der Waals surface area (Å²) >= 11 is 0. The number of methoxy groups -OCH3 is 1. The van der Waals surface area contributed by atoms with Gasteiger partial charge in [0.15, 0.2) is 0 Å². The highest BCUT2D eigenvalue weighted by molar-refractivity contribution is 5.77. The Morgan fingerprint density at radius 2 is 1.95 bits per heavy atom. The van der Waals surface area contributed by atoms with Gasteiger partial charge in [-0.25, -0.2) is 0 Å². The summed E-state index contributed by atoms with van der Waals surface area (Å²) in [6, 6.07) is 7.84. The van der Waals surface area contributed by atoms with Crippen LogP contribution in [0.2, 0.25) is 0 Å². The normalized spacial score (nSPS) is 10.8. The molecule has 0 radical (unpaired) electrons. The van der Waals surface area contributed by atoms with Crippen molar-refractivity contribution in [2.45, 2.75) is 13.3 Å². The first-order valence-electron chi connectivity index (χ1n) is 6.70. The first kappa shape index (κ1) is 14.4. The number of nitrogens with two attached hydrogens (primary N) is 1. The fourth-order valence-electron chi connectivity index (χ4n) is 2.15. The SMILES string of the molecule is CCOCCc1nn(C)c(N)c1-c1ccc(OC)cc1. The summed E-state index contributed by atoms with van der Waals surface area (Å²) in [7, 11) is 3.51. The number of nitrogens with zero attached hydrogens (tertiary/aromatic N) is 2. The van der Waals surface area contributed by atoms with Crippen molar-refractivity contribution < 1.29 is 9.47 Å². The van der Waals surface area contributed by atoms with Crippen molar-refractivity contribution >= 4 is 5.82 Å². The molecule has 0 spiro atoms. The lowest BCUT2D eigenvalue weighted by Gasteiger charge is -2.06. The molecule has 108 valence electrons. The van der Waals surface area contributed by atoms with Crippen LogP contribution in [0, 0.1) is 0 Å². The molecular weight excluding hydrogens is 254 g/mol. The molecule has 0 fully saturated rings. The van der Waals surface area contributed by atoms with Gasteiger partial charge in [-0.2, -0.15) is 5.10 Å². The van der Waals surface area contributed by atoms with Gasteiger partial charge in [0.05, 0.1) is 19.4 Å². The van der Waals surface area contributed by atoms with E-state index in [-0.39, 0.29) is 0 Å². The fraction of sp³-hybridized carbons (Fsp3) is 0.400. The van der Waals surface area contributed by atoms with E-state index in [4.69, 9.17) is 15.2 Å². The minimum Gasteiger partial charge on any atom is -0.497 e. The molecule has 2 aromatic rings. The number of aryl methyl sites for hydroxylation is 1. The molecule has 0 saturated heterocycles. The molecule has 0 bridgehead atoms. The van der Waals surface area contributed by atoms with Gasteiger partial charge >= 0.3 is 0 Å². The molecule has 20 heavy (non-hydrogen) atoms. The van der Waals surface area contributed by atoms with Crippen molar-refractivity contribution in [1.29, 1.82) is 0 Å². The topological polar surface area (TPSA) is 62.3 Å². The van der Waals surface area contributed by atoms with E-state index in [1.54, 1.807) is 11.8 Å². The van der Waals surface area contributed by atoms with Gasteiger partial charge in [0, 0.05) is 25.6 Å². The van der Waals surface area contributed by atoms with E-state index < -0.39 is 0 Å². The zero-order valence-electron chi connectivity index (χ0n) is 12.2. The van der Waals surface area contributed by atoms with Crippen LogP contribution in [0.4, 0.5) is 5.82 Å². The number of ether oxygens (including phenoxy) is 2. The maximum absolute atomic E-state index is 6.14. The van der Waals surface area contributed by atoms with Gasteiger partial charge in [0.2, 0.25) is 0 Å². The van der Waals surface area contributed by atoms with Gasteiger partial charge in [0.25, 0.3) is 0 Å². The van der Waals surface area contributed by atoms with E-state index in [0.29, 0.717) is 19.0 Å². The summed E-state index contributed by atoms with van der Waals surface area (Å²) in [5, 5.41) is 4.48. The number of anilines is 1. The van der Waals surface area contributed by atoms with Crippen LogP contribution in [0.3, 0.4) is 0 Å². The molecule has 0 aliphatic rings. The van der Waals surface area contributed by atoms with E-state index in [9.17, 15) is 0 Å². The van der Waals surface area contributed by atoms with Crippen LogP contribution in [0.5, 0.6) is 5.75 Å². The standard InChI is InChI=1S/C15H21N3O2/c1-4-20-10-9-13-14(15(16)18(2)17-13)11-5-7-12(19-3)8-6-11/h5-8H,4,9-10,16H2,1-3H3. The third-order valence-electron chi connectivity index (χ3n) is 3.23. The Hall–Kier alpha value is -2.01. The highest BCUT2D eigenvalue weighted by Gasteiger charge is 2.15. The van der Waals surface area contributed by atoms with Crippen LogP contribution in [-0.2, 0) is 18.2 Å². The summed E-state index contributed by atoms with van der Waals surface area (Å²) in [5.74, 6) is 1.49. The van der Waals surface area contributed by atoms with E-state index in [2.05, 4.69) is 5.10 Å². The summed E-state index contributed by atoms with van der Waals surface area (Å²) in [6.07, 6.45) is 0.750. The predicted octanol–water partition coefficient (Wildman–Crippen LogP) is 2.26. The van der Waals surface area contributed by atoms with E-state index in [1.807, 2.05) is 38.2 Å². The number of benzene rings is 1. The Balaban J connectivity index is 2.32. The fourth-order valence-corrected chi connectivity index (χ4v) is 2.15. The molecule has 5 heteroatoms. The van der Waals surface area contributed by atoms with Crippen LogP contribution in [0.15, 0.2) is 24.3 Å². The molecule has 0 aliphatic carbocycles. The maximum atomic E-state index is 6.14. The Morgan fingerprint density at radius 3 is 2.55 bits per heavy atom. The molecule has 2 rings (SSSR count). The molecule has 0 aliphatic heterocycles. The minimum atomic E-state index is 0.649. The molecule has 0 atom stereocenters. The van der Waals surface area contributed by atoms with Crippen LogP contribution < -0.4 is 10.5 Å². The monoisotopic (exact) mass is 275 g/mol. The lowest BCUT2D eigenvalue weighted by molar-refractivity contribution is 0.150. The molecule has 2 N–H and O–H groups in total. The second kappa shape index (κ2) is 6.43. The molecule has 0 unspecified atom stereocenters. The van der Waals surface area contributed by atoms with Gasteiger partial charge < -0.3 is 15.2 Å². The lowest BCUT2D eigenvalue weighted by atomic mass is 10.0. The molecule has 1 aromatic carbocycles. The Morgan fingerprint density at radius 1 is 1.25 bits per heavy atom. The first-order valence-corrected chi connectivity index (χ1v) is 6.70. The van der Waals surface area contributed by atoms with Crippen molar-refractivity contribution in [2.75, 3.05) is 26.1 Å². The smallest absolute Gasteiger partial charge is 0.129 e. The zero-order valence-corrected chi connectivity index (χ0v) is 12.2. The molecule has 1 aromatic heterocycles. The van der Waals surface area contributed by atoms with Crippen molar-refractivity contribution in [3.05, 3.63) is 30.0 Å². The number of hydrogen-bond acceptors (Lipinski definition) is 4. The number of rotatable bonds is 6. The van der Waals surface area contributed by atoms with Crippen molar-refractivity contribution in [1.82, 2.24) is 9.78 Å². The third kappa shape index (κ3) is 2.93. The summed E-state index contributed by atoms with van der Waals surface area (Å²) in [6.45, 7) is 3.34. The van der Waals surface area contributed by atoms with Crippen LogP contribution >= 0.6 is 0 Å². The Labute approximate surface area is 119 Å². The average Bonchev–Trinajstić information content (AvgIpc) is 2.75. The van der Waals surface area contributed by atoms with Gasteiger partial charge in [-0.1, -0.05) is 12.1 Å². The second-order valence-electron chi connectivity index (χ2n) is 4.51. The van der Waals surface area contributed by atoms with Gasteiger partial charge in [-0.05, 0) is 24.6 Å². The maximum Gasteiger partial charge on any atom is 0.129 e. The van der Waals surface area contributed by atoms with Crippen LogP contribution in [0.25, 0.3) is 11.1 Å². The van der Waals surface area contributed by atoms with E-state index in [1.165, 1.54) is 0 Å². The van der Waals surface area contributed by atoms with Crippen molar-refractivity contribution in [3.8, 4) is 16.9 Å². The second-order valence-corrected chi connectivity index (χ2v) is 4.51. The lowest BCUT2D eigenvalue weighted by Crippen LogP contribution is -2.00. The highest BCUT2D eigenvalue weighted by Crippen LogP contribution is 2.30. The molecule has 0 saturated carbocycles. The Bertz CT molecular complexity index is 561. The quantitative estimate of drug-likeness (QED) is 0.821. The molecule has 0 amide bonds. The van der Waals surface area contributed by atoms with E-state index >= 15 is 0 Å². The molecule has 5 nitrogen and oxygen atoms in total. The molecule has 1 heterocycles. The van der Waals surface area contributed by atoms with Crippen molar-refractivity contribution in [2.24, 2.45) is 7.05 Å². The van der Waals surface area contributed by atoms with Crippen LogP contribution in [-0.4, -0.2) is 30.1 Å². The highest BCUT2D eigenvalue weighted by atomic mass is 16.5. The Kier molecular flexibility index (Phi) is 4.63. The summed E-state index contributed by atoms with van der Waals surface area (Å²) in [4.78, 5) is 0. The summed E-state index contributed by atoms with van der Waals surface area (Å²) in [5.41, 5.74) is 9.13. The first-order chi connectivity index (χ1) is 9.67.